The molecule has 4 heteroatoms. The van der Waals surface area contributed by atoms with Gasteiger partial charge in [-0.2, -0.15) is 0 Å². The largest absolute Gasteiger partial charge is 0.497 e. The summed E-state index contributed by atoms with van der Waals surface area (Å²) < 4.78 is 16.2. The zero-order valence-electron chi connectivity index (χ0n) is 11.7. The van der Waals surface area contributed by atoms with Crippen LogP contribution >= 0.6 is 0 Å². The summed E-state index contributed by atoms with van der Waals surface area (Å²) in [4.78, 5) is 0. The molecule has 0 aromatic heterocycles. The number of ether oxygens (including phenoxy) is 3. The molecule has 1 aromatic carbocycles. The molecule has 4 nitrogen and oxygen atoms in total. The first-order chi connectivity index (χ1) is 9.33. The zero-order valence-corrected chi connectivity index (χ0v) is 11.7. The van der Waals surface area contributed by atoms with Gasteiger partial charge >= 0.3 is 0 Å². The van der Waals surface area contributed by atoms with Crippen molar-refractivity contribution < 1.29 is 14.2 Å². The fourth-order valence-corrected chi connectivity index (χ4v) is 2.53. The molecule has 0 spiro atoms. The molecule has 0 aliphatic heterocycles. The Hall–Kier alpha value is -1.26. The van der Waals surface area contributed by atoms with E-state index in [0.717, 1.165) is 24.5 Å². The quantitative estimate of drug-likeness (QED) is 0.767. The van der Waals surface area contributed by atoms with E-state index in [9.17, 15) is 0 Å². The highest BCUT2D eigenvalue weighted by Gasteiger charge is 2.26. The number of rotatable bonds is 7. The average Bonchev–Trinajstić information content (AvgIpc) is 2.91. The minimum Gasteiger partial charge on any atom is -0.497 e. The first kappa shape index (κ1) is 14.2. The monoisotopic (exact) mass is 265 g/mol. The number of benzene rings is 1. The van der Waals surface area contributed by atoms with Crippen LogP contribution < -0.4 is 14.8 Å². The van der Waals surface area contributed by atoms with Crippen molar-refractivity contribution in [2.45, 2.75) is 31.4 Å². The SMILES string of the molecule is COc1ccc(OCCNC2CCCC2OC)cc1. The molecule has 1 aliphatic carbocycles. The van der Waals surface area contributed by atoms with E-state index in [1.54, 1.807) is 14.2 Å². The van der Waals surface area contributed by atoms with E-state index in [1.807, 2.05) is 24.3 Å². The molecule has 2 unspecified atom stereocenters. The third kappa shape index (κ3) is 4.11. The third-order valence-corrected chi connectivity index (χ3v) is 3.59. The van der Waals surface area contributed by atoms with E-state index < -0.39 is 0 Å². The van der Waals surface area contributed by atoms with Gasteiger partial charge in [-0.25, -0.2) is 0 Å². The van der Waals surface area contributed by atoms with Crippen LogP contribution in [0.25, 0.3) is 0 Å². The van der Waals surface area contributed by atoms with Crippen LogP contribution in [0.5, 0.6) is 11.5 Å². The van der Waals surface area contributed by atoms with Gasteiger partial charge in [0.15, 0.2) is 0 Å². The van der Waals surface area contributed by atoms with Crippen molar-refractivity contribution in [3.63, 3.8) is 0 Å². The second-order valence-corrected chi connectivity index (χ2v) is 4.79. The maximum Gasteiger partial charge on any atom is 0.119 e. The smallest absolute Gasteiger partial charge is 0.119 e. The Bertz CT molecular complexity index is 366. The van der Waals surface area contributed by atoms with Crippen molar-refractivity contribution in [2.75, 3.05) is 27.4 Å². The highest BCUT2D eigenvalue weighted by molar-refractivity contribution is 5.31. The second-order valence-electron chi connectivity index (χ2n) is 4.79. The van der Waals surface area contributed by atoms with Gasteiger partial charge in [-0.05, 0) is 43.5 Å². The summed E-state index contributed by atoms with van der Waals surface area (Å²) in [5.74, 6) is 1.72. The molecule has 0 saturated heterocycles. The summed E-state index contributed by atoms with van der Waals surface area (Å²) in [5.41, 5.74) is 0. The Morgan fingerprint density at radius 1 is 1.11 bits per heavy atom. The van der Waals surface area contributed by atoms with E-state index in [-0.39, 0.29) is 0 Å². The molecular formula is C15H23NO3. The average molecular weight is 265 g/mol. The van der Waals surface area contributed by atoms with Crippen LogP contribution in [0, 0.1) is 0 Å². The van der Waals surface area contributed by atoms with E-state index in [2.05, 4.69) is 5.32 Å². The Morgan fingerprint density at radius 3 is 2.53 bits per heavy atom. The highest BCUT2D eigenvalue weighted by atomic mass is 16.5. The second kappa shape index (κ2) is 7.36. The number of methoxy groups -OCH3 is 2. The van der Waals surface area contributed by atoms with Crippen molar-refractivity contribution >= 4 is 0 Å². The van der Waals surface area contributed by atoms with Gasteiger partial charge in [0.1, 0.15) is 18.1 Å². The minimum absolute atomic E-state index is 0.362. The van der Waals surface area contributed by atoms with Gasteiger partial charge in [0.05, 0.1) is 13.2 Å². The summed E-state index contributed by atoms with van der Waals surface area (Å²) in [6.07, 6.45) is 3.96. The van der Waals surface area contributed by atoms with Gasteiger partial charge in [-0.1, -0.05) is 0 Å². The topological polar surface area (TPSA) is 39.7 Å². The standard InChI is InChI=1S/C15H23NO3/c1-17-12-6-8-13(9-7-12)19-11-10-16-14-4-3-5-15(14)18-2/h6-9,14-16H,3-5,10-11H2,1-2H3. The molecule has 0 radical (unpaired) electrons. The van der Waals surface area contributed by atoms with E-state index >= 15 is 0 Å². The number of hydrogen-bond donors (Lipinski definition) is 1. The Morgan fingerprint density at radius 2 is 1.84 bits per heavy atom. The molecule has 19 heavy (non-hydrogen) atoms. The summed E-state index contributed by atoms with van der Waals surface area (Å²) in [6.45, 7) is 1.51. The van der Waals surface area contributed by atoms with Crippen LogP contribution in [-0.4, -0.2) is 39.5 Å². The summed E-state index contributed by atoms with van der Waals surface area (Å²) in [7, 11) is 3.45. The van der Waals surface area contributed by atoms with E-state index in [4.69, 9.17) is 14.2 Å². The van der Waals surface area contributed by atoms with E-state index in [1.165, 1.54) is 12.8 Å². The van der Waals surface area contributed by atoms with Gasteiger partial charge in [0.2, 0.25) is 0 Å². The lowest BCUT2D eigenvalue weighted by Gasteiger charge is -2.19. The Balaban J connectivity index is 1.66. The van der Waals surface area contributed by atoms with Crippen molar-refractivity contribution in [3.05, 3.63) is 24.3 Å². The summed E-state index contributed by atoms with van der Waals surface area (Å²) in [5, 5.41) is 3.50. The van der Waals surface area contributed by atoms with Gasteiger partial charge < -0.3 is 19.5 Å². The highest BCUT2D eigenvalue weighted by Crippen LogP contribution is 2.21. The lowest BCUT2D eigenvalue weighted by molar-refractivity contribution is 0.0839. The molecule has 2 rings (SSSR count). The van der Waals surface area contributed by atoms with Crippen LogP contribution in [0.1, 0.15) is 19.3 Å². The molecule has 1 fully saturated rings. The predicted octanol–water partition coefficient (Wildman–Crippen LogP) is 2.23. The van der Waals surface area contributed by atoms with Gasteiger partial charge in [-0.15, -0.1) is 0 Å². The molecule has 1 aliphatic rings. The maximum atomic E-state index is 5.68. The molecule has 1 aromatic rings. The molecule has 106 valence electrons. The fraction of sp³-hybridized carbons (Fsp3) is 0.600. The molecule has 0 bridgehead atoms. The molecule has 1 N–H and O–H groups in total. The van der Waals surface area contributed by atoms with Gasteiger partial charge in [0, 0.05) is 19.7 Å². The van der Waals surface area contributed by atoms with Crippen LogP contribution in [0.3, 0.4) is 0 Å². The number of hydrogen-bond acceptors (Lipinski definition) is 4. The molecule has 1 saturated carbocycles. The number of nitrogens with one attached hydrogen (secondary N) is 1. The van der Waals surface area contributed by atoms with Crippen molar-refractivity contribution in [1.82, 2.24) is 5.32 Å². The minimum atomic E-state index is 0.362. The van der Waals surface area contributed by atoms with Crippen molar-refractivity contribution in [2.24, 2.45) is 0 Å². The predicted molar refractivity (Wildman–Crippen MR) is 74.9 cm³/mol. The van der Waals surface area contributed by atoms with Gasteiger partial charge in [0.25, 0.3) is 0 Å². The first-order valence-electron chi connectivity index (χ1n) is 6.86. The fourth-order valence-electron chi connectivity index (χ4n) is 2.53. The lowest BCUT2D eigenvalue weighted by atomic mass is 10.2. The third-order valence-electron chi connectivity index (χ3n) is 3.59. The molecule has 0 heterocycles. The first-order valence-corrected chi connectivity index (χ1v) is 6.86. The Labute approximate surface area is 115 Å². The van der Waals surface area contributed by atoms with Crippen molar-refractivity contribution in [3.8, 4) is 11.5 Å². The lowest BCUT2D eigenvalue weighted by Crippen LogP contribution is -2.38. The van der Waals surface area contributed by atoms with E-state index in [0.29, 0.717) is 18.8 Å². The summed E-state index contributed by atoms with van der Waals surface area (Å²) >= 11 is 0. The van der Waals surface area contributed by atoms with Crippen LogP contribution in [0.2, 0.25) is 0 Å². The van der Waals surface area contributed by atoms with Crippen LogP contribution in [-0.2, 0) is 4.74 Å². The van der Waals surface area contributed by atoms with Crippen LogP contribution in [0.4, 0.5) is 0 Å². The van der Waals surface area contributed by atoms with Gasteiger partial charge in [-0.3, -0.25) is 0 Å². The van der Waals surface area contributed by atoms with Crippen molar-refractivity contribution in [1.29, 1.82) is 0 Å². The summed E-state index contributed by atoms with van der Waals surface area (Å²) in [6, 6.07) is 8.13. The maximum absolute atomic E-state index is 5.68. The molecule has 2 atom stereocenters. The normalized spacial score (nSPS) is 22.4. The molecular weight excluding hydrogens is 242 g/mol. The van der Waals surface area contributed by atoms with Crippen LogP contribution in [0.15, 0.2) is 24.3 Å². The Kier molecular flexibility index (Phi) is 5.48. The molecule has 0 amide bonds. The zero-order chi connectivity index (χ0) is 13.5.